The van der Waals surface area contributed by atoms with Crippen molar-refractivity contribution in [3.8, 4) is 0 Å². The van der Waals surface area contributed by atoms with Crippen LogP contribution in [-0.2, 0) is 9.84 Å². The zero-order chi connectivity index (χ0) is 15.0. The molecule has 0 bridgehead atoms. The molecule has 0 fully saturated rings. The Balaban J connectivity index is 2.26. The van der Waals surface area contributed by atoms with E-state index < -0.39 is 9.84 Å². The minimum absolute atomic E-state index is 0.120. The lowest BCUT2D eigenvalue weighted by Gasteiger charge is -2.06. The smallest absolute Gasteiger partial charge is 0.231 e. The molecule has 1 aromatic heterocycles. The summed E-state index contributed by atoms with van der Waals surface area (Å²) in [5.74, 6) is 0. The van der Waals surface area contributed by atoms with E-state index in [2.05, 4.69) is 0 Å². The van der Waals surface area contributed by atoms with Gasteiger partial charge in [0, 0.05) is 5.39 Å². The lowest BCUT2D eigenvalue weighted by atomic mass is 10.2. The monoisotopic (exact) mass is 299 g/mol. The highest BCUT2D eigenvalue weighted by molar-refractivity contribution is 7.91. The molecule has 5 heteroatoms. The Morgan fingerprint density at radius 3 is 2.38 bits per heavy atom. The molecule has 0 aliphatic rings. The summed E-state index contributed by atoms with van der Waals surface area (Å²) in [6.07, 6.45) is 0. The first-order chi connectivity index (χ1) is 9.98. The first-order valence-electron chi connectivity index (χ1n) is 6.38. The molecule has 0 spiro atoms. The summed E-state index contributed by atoms with van der Waals surface area (Å²) in [7, 11) is -3.76. The maximum Gasteiger partial charge on any atom is 0.231 e. The Morgan fingerprint density at radius 2 is 1.67 bits per heavy atom. The van der Waals surface area contributed by atoms with Gasteiger partial charge in [-0.2, -0.15) is 0 Å². The minimum atomic E-state index is -3.76. The van der Waals surface area contributed by atoms with Gasteiger partial charge in [0.25, 0.3) is 0 Å². The average Bonchev–Trinajstić information content (AvgIpc) is 2.47. The van der Waals surface area contributed by atoms with E-state index >= 15 is 0 Å². The standard InChI is InChI=1S/C16H13NO3S/c1-11-6-8-13(9-7-11)21(18,19)15-10-12-4-2-3-5-14(12)20-16(15)17/h2-10,17H,1H3. The fraction of sp³-hybridized carbons (Fsp3) is 0.0625. The Bertz CT molecular complexity index is 970. The number of hydrogen-bond acceptors (Lipinski definition) is 4. The summed E-state index contributed by atoms with van der Waals surface area (Å²) < 4.78 is 30.6. The normalized spacial score (nSPS) is 11.7. The van der Waals surface area contributed by atoms with Crippen molar-refractivity contribution in [2.24, 2.45) is 0 Å². The lowest BCUT2D eigenvalue weighted by Crippen LogP contribution is -2.14. The zero-order valence-electron chi connectivity index (χ0n) is 11.3. The van der Waals surface area contributed by atoms with Gasteiger partial charge < -0.3 is 4.42 Å². The van der Waals surface area contributed by atoms with Crippen molar-refractivity contribution in [3.63, 3.8) is 0 Å². The number of sulfone groups is 1. The molecule has 1 N–H and O–H groups in total. The van der Waals surface area contributed by atoms with Crippen LogP contribution in [0, 0.1) is 12.3 Å². The van der Waals surface area contributed by atoms with Gasteiger partial charge in [-0.3, -0.25) is 5.41 Å². The molecule has 106 valence electrons. The van der Waals surface area contributed by atoms with Gasteiger partial charge in [0.15, 0.2) is 0 Å². The van der Waals surface area contributed by atoms with Crippen molar-refractivity contribution >= 4 is 20.8 Å². The molecule has 21 heavy (non-hydrogen) atoms. The van der Waals surface area contributed by atoms with Crippen LogP contribution in [0.25, 0.3) is 11.0 Å². The van der Waals surface area contributed by atoms with E-state index in [1.165, 1.54) is 6.07 Å². The number of rotatable bonds is 2. The van der Waals surface area contributed by atoms with Crippen molar-refractivity contribution in [1.82, 2.24) is 0 Å². The molecule has 4 nitrogen and oxygen atoms in total. The maximum atomic E-state index is 12.6. The summed E-state index contributed by atoms with van der Waals surface area (Å²) in [5, 5.41) is 8.51. The quantitative estimate of drug-likeness (QED) is 0.790. The fourth-order valence-corrected chi connectivity index (χ4v) is 3.42. The van der Waals surface area contributed by atoms with Gasteiger partial charge in [0.1, 0.15) is 10.5 Å². The molecule has 2 aromatic carbocycles. The Kier molecular flexibility index (Phi) is 3.14. The van der Waals surface area contributed by atoms with Crippen LogP contribution in [0.3, 0.4) is 0 Å². The first-order valence-corrected chi connectivity index (χ1v) is 7.86. The molecule has 0 amide bonds. The predicted molar refractivity (Wildman–Crippen MR) is 78.7 cm³/mol. The van der Waals surface area contributed by atoms with Gasteiger partial charge in [-0.15, -0.1) is 0 Å². The van der Waals surface area contributed by atoms with Gasteiger partial charge >= 0.3 is 0 Å². The number of para-hydroxylation sites is 1. The van der Waals surface area contributed by atoms with E-state index in [0.717, 1.165) is 5.56 Å². The van der Waals surface area contributed by atoms with Crippen LogP contribution < -0.4 is 5.55 Å². The molecule has 3 aromatic rings. The minimum Gasteiger partial charge on any atom is -0.438 e. The van der Waals surface area contributed by atoms with Crippen LogP contribution in [0.5, 0.6) is 0 Å². The van der Waals surface area contributed by atoms with Crippen molar-refractivity contribution in [2.75, 3.05) is 0 Å². The van der Waals surface area contributed by atoms with E-state index in [4.69, 9.17) is 9.83 Å². The van der Waals surface area contributed by atoms with E-state index in [1.54, 1.807) is 48.5 Å². The van der Waals surface area contributed by atoms with Crippen LogP contribution in [0.4, 0.5) is 0 Å². The highest BCUT2D eigenvalue weighted by atomic mass is 32.2. The SMILES string of the molecule is Cc1ccc(S(=O)(=O)c2cc3ccccc3oc2=N)cc1. The summed E-state index contributed by atoms with van der Waals surface area (Å²) in [6, 6.07) is 15.1. The van der Waals surface area contributed by atoms with E-state index in [1.807, 2.05) is 6.92 Å². The van der Waals surface area contributed by atoms with Crippen molar-refractivity contribution in [2.45, 2.75) is 16.7 Å². The first kappa shape index (κ1) is 13.6. The third-order valence-electron chi connectivity index (χ3n) is 3.26. The summed E-state index contributed by atoms with van der Waals surface area (Å²) >= 11 is 0. The second-order valence-corrected chi connectivity index (χ2v) is 6.71. The molecule has 0 saturated heterocycles. The van der Waals surface area contributed by atoms with Crippen LogP contribution in [0.1, 0.15) is 5.56 Å². The highest BCUT2D eigenvalue weighted by Gasteiger charge is 2.21. The maximum absolute atomic E-state index is 12.6. The molecule has 0 atom stereocenters. The second-order valence-electron chi connectivity index (χ2n) is 4.79. The van der Waals surface area contributed by atoms with Crippen LogP contribution >= 0.6 is 0 Å². The molecule has 3 rings (SSSR count). The molecular formula is C16H13NO3S. The Morgan fingerprint density at radius 1 is 1.00 bits per heavy atom. The van der Waals surface area contributed by atoms with Crippen molar-refractivity contribution in [3.05, 3.63) is 65.7 Å². The number of nitrogens with one attached hydrogen (secondary N) is 1. The van der Waals surface area contributed by atoms with Crippen LogP contribution in [-0.4, -0.2) is 8.42 Å². The summed E-state index contributed by atoms with van der Waals surface area (Å²) in [6.45, 7) is 1.89. The third kappa shape index (κ3) is 2.36. The lowest BCUT2D eigenvalue weighted by molar-refractivity contribution is 0.506. The topological polar surface area (TPSA) is 71.1 Å². The summed E-state index contributed by atoms with van der Waals surface area (Å²) in [5.41, 5.74) is 1.11. The molecule has 1 heterocycles. The molecule has 0 aliphatic heterocycles. The molecule has 0 saturated carbocycles. The average molecular weight is 299 g/mol. The Hall–Kier alpha value is -2.40. The zero-order valence-corrected chi connectivity index (χ0v) is 12.1. The molecular weight excluding hydrogens is 286 g/mol. The van der Waals surface area contributed by atoms with Gasteiger partial charge in [-0.25, -0.2) is 8.42 Å². The van der Waals surface area contributed by atoms with Gasteiger partial charge in [-0.05, 0) is 31.2 Å². The van der Waals surface area contributed by atoms with Crippen LogP contribution in [0.15, 0.2) is 68.8 Å². The summed E-state index contributed by atoms with van der Waals surface area (Å²) in [4.78, 5) is 0.0390. The van der Waals surface area contributed by atoms with Gasteiger partial charge in [0.05, 0.1) is 4.90 Å². The van der Waals surface area contributed by atoms with E-state index in [0.29, 0.717) is 11.0 Å². The molecule has 0 radical (unpaired) electrons. The fourth-order valence-electron chi connectivity index (χ4n) is 2.10. The van der Waals surface area contributed by atoms with Gasteiger partial charge in [-0.1, -0.05) is 35.9 Å². The van der Waals surface area contributed by atoms with Crippen molar-refractivity contribution in [1.29, 1.82) is 5.41 Å². The number of hydrogen-bond donors (Lipinski definition) is 1. The van der Waals surface area contributed by atoms with E-state index in [-0.39, 0.29) is 15.3 Å². The van der Waals surface area contributed by atoms with Gasteiger partial charge in [0.2, 0.25) is 15.4 Å². The number of aryl methyl sites for hydroxylation is 1. The van der Waals surface area contributed by atoms with E-state index in [9.17, 15) is 8.42 Å². The largest absolute Gasteiger partial charge is 0.438 e. The second kappa shape index (κ2) is 4.86. The number of fused-ring (bicyclic) bond motifs is 1. The van der Waals surface area contributed by atoms with Crippen LogP contribution in [0.2, 0.25) is 0 Å². The predicted octanol–water partition coefficient (Wildman–Crippen LogP) is 3.05. The Labute approximate surface area is 122 Å². The third-order valence-corrected chi connectivity index (χ3v) is 5.04. The highest BCUT2D eigenvalue weighted by Crippen LogP contribution is 2.22. The van der Waals surface area contributed by atoms with Crippen molar-refractivity contribution < 1.29 is 12.8 Å². The number of benzene rings is 2. The molecule has 0 unspecified atom stereocenters. The molecule has 0 aliphatic carbocycles.